The molecule has 2 rings (SSSR count). The van der Waals surface area contributed by atoms with Crippen molar-refractivity contribution in [3.8, 4) is 0 Å². The highest BCUT2D eigenvalue weighted by molar-refractivity contribution is 5.63. The molecule has 0 aliphatic carbocycles. The number of aliphatic hydroxyl groups excluding tert-OH is 1. The second-order valence-electron chi connectivity index (χ2n) is 4.75. The van der Waals surface area contributed by atoms with Gasteiger partial charge in [-0.25, -0.2) is 0 Å². The molecule has 0 aromatic heterocycles. The van der Waals surface area contributed by atoms with E-state index < -0.39 is 6.10 Å². The van der Waals surface area contributed by atoms with Gasteiger partial charge in [-0.3, -0.25) is 10.1 Å². The van der Waals surface area contributed by atoms with Crippen LogP contribution in [-0.2, 0) is 4.74 Å². The molecule has 1 aliphatic heterocycles. The van der Waals surface area contributed by atoms with Crippen LogP contribution >= 0.6 is 0 Å². The van der Waals surface area contributed by atoms with Crippen LogP contribution in [0.3, 0.4) is 0 Å². The molecular weight excluding hydrogens is 248 g/mol. The van der Waals surface area contributed by atoms with Gasteiger partial charge in [-0.2, -0.15) is 0 Å². The van der Waals surface area contributed by atoms with Crippen molar-refractivity contribution in [2.45, 2.75) is 25.5 Å². The molecule has 1 heterocycles. The average Bonchev–Trinajstić information content (AvgIpc) is 2.38. The number of morpholine rings is 1. The molecule has 19 heavy (non-hydrogen) atoms. The number of anilines is 1. The van der Waals surface area contributed by atoms with Crippen molar-refractivity contribution in [1.29, 1.82) is 0 Å². The van der Waals surface area contributed by atoms with Crippen molar-refractivity contribution in [2.75, 3.05) is 24.7 Å². The van der Waals surface area contributed by atoms with Crippen molar-refractivity contribution >= 4 is 11.4 Å². The van der Waals surface area contributed by atoms with Gasteiger partial charge in [0.25, 0.3) is 5.69 Å². The molecule has 2 atom stereocenters. The Kier molecular flexibility index (Phi) is 4.34. The minimum absolute atomic E-state index is 0.0325. The molecule has 1 aromatic rings. The van der Waals surface area contributed by atoms with E-state index in [0.717, 1.165) is 0 Å². The summed E-state index contributed by atoms with van der Waals surface area (Å²) in [4.78, 5) is 12.7. The Hall–Kier alpha value is -1.66. The first-order chi connectivity index (χ1) is 9.09. The second-order valence-corrected chi connectivity index (χ2v) is 4.75. The molecule has 1 aliphatic rings. The molecule has 0 radical (unpaired) electrons. The highest BCUT2D eigenvalue weighted by Gasteiger charge is 2.28. The third-order valence-corrected chi connectivity index (χ3v) is 3.23. The SMILES string of the molecule is C[C@H](O)C[C@H]1COCCN1c1ccccc1[N+](=O)[O-]. The van der Waals surface area contributed by atoms with Gasteiger partial charge in [0.15, 0.2) is 0 Å². The van der Waals surface area contributed by atoms with Gasteiger partial charge < -0.3 is 14.7 Å². The van der Waals surface area contributed by atoms with Crippen LogP contribution in [0.25, 0.3) is 0 Å². The smallest absolute Gasteiger partial charge is 0.292 e. The number of nitrogens with zero attached hydrogens (tertiary/aromatic N) is 2. The maximum absolute atomic E-state index is 11.1. The number of nitro benzene ring substituents is 1. The zero-order valence-electron chi connectivity index (χ0n) is 10.9. The van der Waals surface area contributed by atoms with E-state index in [2.05, 4.69) is 0 Å². The van der Waals surface area contributed by atoms with E-state index in [1.807, 2.05) is 4.90 Å². The van der Waals surface area contributed by atoms with Gasteiger partial charge in [0.2, 0.25) is 0 Å². The summed E-state index contributed by atoms with van der Waals surface area (Å²) in [7, 11) is 0. The number of hydrogen-bond acceptors (Lipinski definition) is 5. The van der Waals surface area contributed by atoms with Gasteiger partial charge in [0.05, 0.1) is 30.3 Å². The van der Waals surface area contributed by atoms with E-state index in [0.29, 0.717) is 31.9 Å². The fourth-order valence-electron chi connectivity index (χ4n) is 2.42. The summed E-state index contributed by atoms with van der Waals surface area (Å²) < 4.78 is 5.41. The molecule has 0 unspecified atom stereocenters. The zero-order valence-corrected chi connectivity index (χ0v) is 10.9. The van der Waals surface area contributed by atoms with Crippen LogP contribution in [0.2, 0.25) is 0 Å². The first-order valence-electron chi connectivity index (χ1n) is 6.35. The molecule has 0 bridgehead atoms. The van der Waals surface area contributed by atoms with Crippen LogP contribution in [0.4, 0.5) is 11.4 Å². The number of hydrogen-bond donors (Lipinski definition) is 1. The van der Waals surface area contributed by atoms with E-state index in [4.69, 9.17) is 4.74 Å². The zero-order chi connectivity index (χ0) is 13.8. The van der Waals surface area contributed by atoms with Crippen molar-refractivity contribution in [3.63, 3.8) is 0 Å². The van der Waals surface area contributed by atoms with E-state index in [1.165, 1.54) is 6.07 Å². The molecule has 104 valence electrons. The summed E-state index contributed by atoms with van der Waals surface area (Å²) in [5.41, 5.74) is 0.696. The predicted octanol–water partition coefficient (Wildman–Crippen LogP) is 1.57. The number of rotatable bonds is 4. The largest absolute Gasteiger partial charge is 0.393 e. The van der Waals surface area contributed by atoms with E-state index in [-0.39, 0.29) is 16.7 Å². The summed E-state index contributed by atoms with van der Waals surface area (Å²) >= 11 is 0. The molecule has 6 heteroatoms. The summed E-state index contributed by atoms with van der Waals surface area (Å²) in [6.07, 6.45) is 0.0726. The molecule has 6 nitrogen and oxygen atoms in total. The number of ether oxygens (including phenoxy) is 1. The molecule has 1 N–H and O–H groups in total. The Morgan fingerprint density at radius 2 is 2.32 bits per heavy atom. The standard InChI is InChI=1S/C13H18N2O4/c1-10(16)8-11-9-19-7-6-14(11)12-4-2-3-5-13(12)15(17)18/h2-5,10-11,16H,6-9H2,1H3/t10-,11-/m0/s1. The van der Waals surface area contributed by atoms with Crippen molar-refractivity contribution < 1.29 is 14.8 Å². The lowest BCUT2D eigenvalue weighted by atomic mass is 10.1. The van der Waals surface area contributed by atoms with Crippen LogP contribution in [0, 0.1) is 10.1 Å². The van der Waals surface area contributed by atoms with E-state index in [1.54, 1.807) is 25.1 Å². The first-order valence-corrected chi connectivity index (χ1v) is 6.35. The third-order valence-electron chi connectivity index (χ3n) is 3.23. The first kappa shape index (κ1) is 13.8. The van der Waals surface area contributed by atoms with Gasteiger partial charge in [-0.15, -0.1) is 0 Å². The van der Waals surface area contributed by atoms with Crippen molar-refractivity contribution in [3.05, 3.63) is 34.4 Å². The minimum atomic E-state index is -0.461. The Morgan fingerprint density at radius 1 is 1.58 bits per heavy atom. The van der Waals surface area contributed by atoms with Crippen LogP contribution in [-0.4, -0.2) is 41.9 Å². The molecule has 0 amide bonds. The van der Waals surface area contributed by atoms with Gasteiger partial charge in [-0.05, 0) is 19.4 Å². The summed E-state index contributed by atoms with van der Waals surface area (Å²) in [5.74, 6) is 0. The summed E-state index contributed by atoms with van der Waals surface area (Å²) in [6, 6.07) is 6.67. The fourth-order valence-corrected chi connectivity index (χ4v) is 2.42. The number of aliphatic hydroxyl groups is 1. The number of nitro groups is 1. The van der Waals surface area contributed by atoms with E-state index >= 15 is 0 Å². The topological polar surface area (TPSA) is 75.8 Å². The van der Waals surface area contributed by atoms with Gasteiger partial charge in [0, 0.05) is 12.6 Å². The van der Waals surface area contributed by atoms with Crippen molar-refractivity contribution in [1.82, 2.24) is 0 Å². The third kappa shape index (κ3) is 3.21. The Morgan fingerprint density at radius 3 is 3.00 bits per heavy atom. The van der Waals surface area contributed by atoms with Crippen molar-refractivity contribution in [2.24, 2.45) is 0 Å². The van der Waals surface area contributed by atoms with E-state index in [9.17, 15) is 15.2 Å². The van der Waals surface area contributed by atoms with Crippen LogP contribution < -0.4 is 4.90 Å². The van der Waals surface area contributed by atoms with Crippen LogP contribution in [0.15, 0.2) is 24.3 Å². The maximum Gasteiger partial charge on any atom is 0.292 e. The molecule has 1 fully saturated rings. The Balaban J connectivity index is 2.29. The van der Waals surface area contributed by atoms with Gasteiger partial charge >= 0.3 is 0 Å². The lowest BCUT2D eigenvalue weighted by Crippen LogP contribution is -2.47. The Labute approximate surface area is 111 Å². The molecule has 0 saturated carbocycles. The minimum Gasteiger partial charge on any atom is -0.393 e. The highest BCUT2D eigenvalue weighted by Crippen LogP contribution is 2.31. The van der Waals surface area contributed by atoms with Gasteiger partial charge in [0.1, 0.15) is 5.69 Å². The molecule has 1 saturated heterocycles. The fraction of sp³-hybridized carbons (Fsp3) is 0.538. The number of benzene rings is 1. The number of para-hydroxylation sites is 2. The Bertz CT molecular complexity index is 450. The van der Waals surface area contributed by atoms with Crippen LogP contribution in [0.5, 0.6) is 0 Å². The maximum atomic E-state index is 11.1. The highest BCUT2D eigenvalue weighted by atomic mass is 16.6. The molecule has 1 aromatic carbocycles. The molecular formula is C13H18N2O4. The van der Waals surface area contributed by atoms with Gasteiger partial charge in [-0.1, -0.05) is 12.1 Å². The quantitative estimate of drug-likeness (QED) is 0.661. The lowest BCUT2D eigenvalue weighted by molar-refractivity contribution is -0.384. The lowest BCUT2D eigenvalue weighted by Gasteiger charge is -2.37. The average molecular weight is 266 g/mol. The summed E-state index contributed by atoms with van der Waals surface area (Å²) in [5, 5.41) is 20.6. The summed E-state index contributed by atoms with van der Waals surface area (Å²) in [6.45, 7) is 3.34. The molecule has 0 spiro atoms. The normalized spacial score (nSPS) is 21.2. The predicted molar refractivity (Wildman–Crippen MR) is 71.3 cm³/mol. The monoisotopic (exact) mass is 266 g/mol. The second kappa shape index (κ2) is 5.99. The van der Waals surface area contributed by atoms with Crippen LogP contribution in [0.1, 0.15) is 13.3 Å².